The summed E-state index contributed by atoms with van der Waals surface area (Å²) >= 11 is 0. The number of allylic oxidation sites excluding steroid dienone is 1. The molecule has 11 heteroatoms. The highest BCUT2D eigenvalue weighted by Gasteiger charge is 2.47. The zero-order valence-corrected chi connectivity index (χ0v) is 19.1. The van der Waals surface area contributed by atoms with E-state index in [1.807, 2.05) is 6.92 Å². The van der Waals surface area contributed by atoms with Gasteiger partial charge in [0.15, 0.2) is 5.65 Å². The van der Waals surface area contributed by atoms with Crippen LogP contribution >= 0.6 is 0 Å². The van der Waals surface area contributed by atoms with Crippen LogP contribution in [0, 0.1) is 22.7 Å². The second kappa shape index (κ2) is 8.55. The van der Waals surface area contributed by atoms with Crippen LogP contribution in [0.3, 0.4) is 0 Å². The summed E-state index contributed by atoms with van der Waals surface area (Å²) in [4.78, 5) is 27.2. The molecule has 0 aromatic carbocycles. The molecule has 2 saturated heterocycles. The summed E-state index contributed by atoms with van der Waals surface area (Å²) in [6, 6.07) is 0.0272. The zero-order chi connectivity index (χ0) is 23.9. The van der Waals surface area contributed by atoms with E-state index in [9.17, 15) is 4.79 Å². The summed E-state index contributed by atoms with van der Waals surface area (Å²) < 4.78 is 7.38. The Labute approximate surface area is 195 Å². The maximum atomic E-state index is 13.2. The van der Waals surface area contributed by atoms with Gasteiger partial charge < -0.3 is 25.8 Å². The van der Waals surface area contributed by atoms with Crippen molar-refractivity contribution in [2.75, 3.05) is 24.6 Å². The van der Waals surface area contributed by atoms with Gasteiger partial charge in [-0.2, -0.15) is 10.1 Å². The van der Waals surface area contributed by atoms with Crippen molar-refractivity contribution in [1.82, 2.24) is 29.7 Å². The number of anilines is 1. The summed E-state index contributed by atoms with van der Waals surface area (Å²) in [7, 11) is 1.72. The van der Waals surface area contributed by atoms with Crippen LogP contribution < -0.4 is 16.2 Å². The van der Waals surface area contributed by atoms with Gasteiger partial charge >= 0.3 is 0 Å². The van der Waals surface area contributed by atoms with Crippen molar-refractivity contribution in [1.29, 1.82) is 5.41 Å². The third-order valence-corrected chi connectivity index (χ3v) is 6.93. The van der Waals surface area contributed by atoms with Gasteiger partial charge in [-0.05, 0) is 43.8 Å². The monoisotopic (exact) mass is 461 g/mol. The Morgan fingerprint density at radius 3 is 2.85 bits per heavy atom. The van der Waals surface area contributed by atoms with E-state index in [0.29, 0.717) is 40.8 Å². The highest BCUT2D eigenvalue weighted by atomic mass is 16.5. The lowest BCUT2D eigenvalue weighted by Crippen LogP contribution is -2.51. The molecular formula is C23H27N9O2. The molecule has 0 bridgehead atoms. The maximum absolute atomic E-state index is 13.2. The van der Waals surface area contributed by atoms with Crippen molar-refractivity contribution in [3.63, 3.8) is 0 Å². The molecule has 2 fully saturated rings. The molecule has 11 nitrogen and oxygen atoms in total. The smallest absolute Gasteiger partial charge is 0.267 e. The molecule has 0 radical (unpaired) electrons. The summed E-state index contributed by atoms with van der Waals surface area (Å²) in [6.45, 7) is 4.22. The first kappa shape index (κ1) is 22.1. The predicted molar refractivity (Wildman–Crippen MR) is 129 cm³/mol. The minimum atomic E-state index is -0.202. The number of piperidine rings is 1. The SMILES string of the molecule is C[C@@H]1OCC2(CCN(c3nc4n[nH]c(C#Cc5cnc(/C=C\C=N)[nH]5)c4c(=O)n3C)CC2)[C@@H]1N. The minimum Gasteiger partial charge on any atom is -0.376 e. The number of ether oxygens (including phenoxy) is 1. The van der Waals surface area contributed by atoms with Gasteiger partial charge in [-0.15, -0.1) is 0 Å². The van der Waals surface area contributed by atoms with Gasteiger partial charge in [-0.25, -0.2) is 4.98 Å². The highest BCUT2D eigenvalue weighted by Crippen LogP contribution is 2.41. The molecule has 0 aliphatic carbocycles. The second-order valence-corrected chi connectivity index (χ2v) is 8.92. The van der Waals surface area contributed by atoms with Gasteiger partial charge in [0.25, 0.3) is 5.56 Å². The van der Waals surface area contributed by atoms with E-state index >= 15 is 0 Å². The second-order valence-electron chi connectivity index (χ2n) is 8.92. The fraction of sp³-hybridized carbons (Fsp3) is 0.435. The van der Waals surface area contributed by atoms with Gasteiger partial charge in [0.1, 0.15) is 22.6 Å². The van der Waals surface area contributed by atoms with Crippen molar-refractivity contribution >= 4 is 29.3 Å². The average molecular weight is 462 g/mol. The first-order valence-electron chi connectivity index (χ1n) is 11.2. The van der Waals surface area contributed by atoms with Crippen LogP contribution in [0.5, 0.6) is 0 Å². The number of nitrogens with zero attached hydrogens (tertiary/aromatic N) is 5. The molecule has 0 unspecified atom stereocenters. The standard InChI is InChI=1S/C23H27N9O2/c1-14-19(25)23(13-34-14)7-10-32(11-8-23)22-28-20-18(21(33)31(22)2)16(29-30-20)6-5-15-12-26-17(27-15)4-3-9-24/h3-4,9,12,14,19,24H,7-8,10-11,13,25H2,1-2H3,(H,26,27)(H,29,30)/b4-3-,24-9?/t14-,19+/m0/s1. The molecule has 2 atom stereocenters. The lowest BCUT2D eigenvalue weighted by molar-refractivity contribution is 0.0973. The number of H-pyrrole nitrogens is 2. The van der Waals surface area contributed by atoms with E-state index < -0.39 is 0 Å². The molecular weight excluding hydrogens is 434 g/mol. The van der Waals surface area contributed by atoms with Crippen LogP contribution in [-0.2, 0) is 11.8 Å². The molecule has 3 aromatic rings. The minimum absolute atomic E-state index is 0.00420. The molecule has 0 saturated carbocycles. The number of imidazole rings is 1. The van der Waals surface area contributed by atoms with E-state index in [2.05, 4.69) is 41.9 Å². The van der Waals surface area contributed by atoms with Crippen LogP contribution in [0.15, 0.2) is 17.1 Å². The molecule has 2 aliphatic rings. The van der Waals surface area contributed by atoms with Crippen molar-refractivity contribution in [2.45, 2.75) is 31.9 Å². The first-order chi connectivity index (χ1) is 16.4. The molecule has 5 heterocycles. The number of fused-ring (bicyclic) bond motifs is 1. The lowest BCUT2D eigenvalue weighted by atomic mass is 9.73. The van der Waals surface area contributed by atoms with Crippen molar-refractivity contribution < 1.29 is 4.74 Å². The fourth-order valence-corrected chi connectivity index (χ4v) is 4.80. The molecule has 1 spiro atoms. The van der Waals surface area contributed by atoms with Crippen molar-refractivity contribution in [3.05, 3.63) is 39.8 Å². The van der Waals surface area contributed by atoms with Crippen LogP contribution in [0.1, 0.15) is 37.0 Å². The summed E-state index contributed by atoms with van der Waals surface area (Å²) in [6.07, 6.45) is 7.85. The van der Waals surface area contributed by atoms with Gasteiger partial charge in [-0.3, -0.25) is 14.5 Å². The Balaban J connectivity index is 1.40. The molecule has 34 heavy (non-hydrogen) atoms. The Kier molecular flexibility index (Phi) is 5.55. The number of hydrogen-bond acceptors (Lipinski definition) is 8. The van der Waals surface area contributed by atoms with Crippen LogP contribution in [-0.4, -0.2) is 67.8 Å². The largest absolute Gasteiger partial charge is 0.376 e. The quantitative estimate of drug-likeness (QED) is 0.332. The molecule has 3 aromatic heterocycles. The predicted octanol–water partition coefficient (Wildman–Crippen LogP) is 0.775. The number of rotatable bonds is 3. The Morgan fingerprint density at radius 2 is 2.15 bits per heavy atom. The van der Waals surface area contributed by atoms with E-state index in [1.54, 1.807) is 30.0 Å². The topological polar surface area (TPSA) is 155 Å². The zero-order valence-electron chi connectivity index (χ0n) is 19.1. The van der Waals surface area contributed by atoms with Crippen molar-refractivity contribution in [3.8, 4) is 11.8 Å². The molecule has 176 valence electrons. The third kappa shape index (κ3) is 3.70. The summed E-state index contributed by atoms with van der Waals surface area (Å²) in [5, 5.41) is 14.5. The van der Waals surface area contributed by atoms with Crippen LogP contribution in [0.4, 0.5) is 5.95 Å². The van der Waals surface area contributed by atoms with E-state index in [0.717, 1.165) is 25.9 Å². The average Bonchev–Trinajstić information content (AvgIpc) is 3.54. The molecule has 5 rings (SSSR count). The Bertz CT molecular complexity index is 1380. The van der Waals surface area contributed by atoms with Crippen molar-refractivity contribution in [2.24, 2.45) is 18.2 Å². The first-order valence-corrected chi connectivity index (χ1v) is 11.2. The van der Waals surface area contributed by atoms with Gasteiger partial charge in [0, 0.05) is 37.8 Å². The lowest BCUT2D eigenvalue weighted by Gasteiger charge is -2.41. The normalized spacial score (nSPS) is 21.9. The Hall–Kier alpha value is -3.75. The highest BCUT2D eigenvalue weighted by molar-refractivity contribution is 5.81. The number of nitrogens with two attached hydrogens (primary N) is 1. The molecule has 2 aliphatic heterocycles. The van der Waals surface area contributed by atoms with Gasteiger partial charge in [0.05, 0.1) is 18.9 Å². The van der Waals surface area contributed by atoms with Gasteiger partial charge in [0.2, 0.25) is 5.95 Å². The van der Waals surface area contributed by atoms with Crippen LogP contribution in [0.25, 0.3) is 17.1 Å². The Morgan fingerprint density at radius 1 is 1.35 bits per heavy atom. The number of hydrogen-bond donors (Lipinski definition) is 4. The van der Waals surface area contributed by atoms with E-state index in [1.165, 1.54) is 6.21 Å². The number of aromatic nitrogens is 6. The van der Waals surface area contributed by atoms with E-state index in [4.69, 9.17) is 15.9 Å². The number of aromatic amines is 2. The van der Waals surface area contributed by atoms with E-state index in [-0.39, 0.29) is 23.1 Å². The molecule has 5 N–H and O–H groups in total. The third-order valence-electron chi connectivity index (χ3n) is 6.93. The maximum Gasteiger partial charge on any atom is 0.267 e. The van der Waals surface area contributed by atoms with Gasteiger partial charge in [-0.1, -0.05) is 0 Å². The fourth-order valence-electron chi connectivity index (χ4n) is 4.80. The molecule has 0 amide bonds. The summed E-state index contributed by atoms with van der Waals surface area (Å²) in [5.74, 6) is 7.10. The summed E-state index contributed by atoms with van der Waals surface area (Å²) in [5.41, 5.74) is 7.56. The van der Waals surface area contributed by atoms with Crippen LogP contribution in [0.2, 0.25) is 0 Å². The number of nitrogens with one attached hydrogen (secondary N) is 3.